The summed E-state index contributed by atoms with van der Waals surface area (Å²) in [6.45, 7) is 0. The van der Waals surface area contributed by atoms with Gasteiger partial charge in [-0.05, 0) is 25.0 Å². The normalized spacial score (nSPS) is 13.8. The summed E-state index contributed by atoms with van der Waals surface area (Å²) in [5.41, 5.74) is 10.3. The summed E-state index contributed by atoms with van der Waals surface area (Å²) >= 11 is 0. The number of hydrogen-bond donors (Lipinski definition) is 1. The summed E-state index contributed by atoms with van der Waals surface area (Å²) < 4.78 is 7.74. The van der Waals surface area contributed by atoms with Crippen molar-refractivity contribution in [2.75, 3.05) is 12.8 Å². The van der Waals surface area contributed by atoms with Gasteiger partial charge in [0.1, 0.15) is 17.1 Å². The third-order valence-electron chi connectivity index (χ3n) is 4.82. The molecule has 7 nitrogen and oxygen atoms in total. The number of rotatable bonds is 4. The van der Waals surface area contributed by atoms with Crippen LogP contribution < -0.4 is 10.5 Å². The Labute approximate surface area is 155 Å². The fourth-order valence-electron chi connectivity index (χ4n) is 3.44. The zero-order valence-corrected chi connectivity index (χ0v) is 14.8. The second-order valence-corrected chi connectivity index (χ2v) is 6.60. The van der Waals surface area contributed by atoms with Crippen LogP contribution in [0.4, 0.5) is 5.95 Å². The molecule has 1 aliphatic rings. The molecule has 5 rings (SSSR count). The van der Waals surface area contributed by atoms with Gasteiger partial charge in [0, 0.05) is 35.1 Å². The van der Waals surface area contributed by atoms with Crippen LogP contribution in [0.5, 0.6) is 5.75 Å². The molecule has 1 aliphatic carbocycles. The average Bonchev–Trinajstić information content (AvgIpc) is 3.48. The highest BCUT2D eigenvalue weighted by molar-refractivity contribution is 5.87. The van der Waals surface area contributed by atoms with Gasteiger partial charge >= 0.3 is 0 Å². The van der Waals surface area contributed by atoms with Gasteiger partial charge in [-0.25, -0.2) is 9.97 Å². The first-order valence-electron chi connectivity index (χ1n) is 8.84. The number of aromatic nitrogens is 5. The Bertz CT molecular complexity index is 1150. The molecule has 3 heterocycles. The first-order valence-corrected chi connectivity index (χ1v) is 8.84. The summed E-state index contributed by atoms with van der Waals surface area (Å²) in [6, 6.07) is 10.3. The van der Waals surface area contributed by atoms with E-state index >= 15 is 0 Å². The molecule has 0 spiro atoms. The molecule has 7 heteroatoms. The second-order valence-electron chi connectivity index (χ2n) is 6.60. The lowest BCUT2D eigenvalue weighted by molar-refractivity contribution is 0.416. The maximum Gasteiger partial charge on any atom is 0.222 e. The van der Waals surface area contributed by atoms with Gasteiger partial charge in [-0.3, -0.25) is 4.98 Å². The Morgan fingerprint density at radius 1 is 1.04 bits per heavy atom. The zero-order valence-electron chi connectivity index (χ0n) is 14.8. The average molecular weight is 358 g/mol. The minimum absolute atomic E-state index is 0.260. The number of nitrogen functional groups attached to an aromatic ring is 1. The van der Waals surface area contributed by atoms with Gasteiger partial charge in [0.25, 0.3) is 0 Å². The van der Waals surface area contributed by atoms with E-state index in [-0.39, 0.29) is 5.95 Å². The zero-order chi connectivity index (χ0) is 18.4. The minimum atomic E-state index is 0.260. The summed E-state index contributed by atoms with van der Waals surface area (Å²) in [4.78, 5) is 17.7. The van der Waals surface area contributed by atoms with E-state index < -0.39 is 0 Å². The number of fused-ring (bicyclic) bond motifs is 1. The van der Waals surface area contributed by atoms with Gasteiger partial charge in [-0.15, -0.1) is 0 Å². The van der Waals surface area contributed by atoms with Crippen molar-refractivity contribution in [2.24, 2.45) is 0 Å². The van der Waals surface area contributed by atoms with Gasteiger partial charge in [-0.1, -0.05) is 18.2 Å². The fourth-order valence-corrected chi connectivity index (χ4v) is 3.44. The summed E-state index contributed by atoms with van der Waals surface area (Å²) in [5, 5.41) is 0. The molecule has 1 saturated carbocycles. The molecule has 0 atom stereocenters. The molecule has 0 aliphatic heterocycles. The standard InChI is InChI=1S/C20H18N6O/c1-27-17-5-3-2-4-13(17)15-10-22-9-8-14(15)18-24-16-11-23-20(21)25-19(16)26(18)12-6-7-12/h2-5,8-12H,6-7H2,1H3,(H2,21,23,25). The second kappa shape index (κ2) is 6.05. The molecule has 0 radical (unpaired) electrons. The van der Waals surface area contributed by atoms with Crippen molar-refractivity contribution in [3.05, 3.63) is 48.9 Å². The molecule has 2 N–H and O–H groups in total. The Balaban J connectivity index is 1.79. The van der Waals surface area contributed by atoms with E-state index in [2.05, 4.69) is 19.5 Å². The van der Waals surface area contributed by atoms with Gasteiger partial charge < -0.3 is 15.0 Å². The molecule has 134 valence electrons. The van der Waals surface area contributed by atoms with E-state index in [0.717, 1.165) is 52.3 Å². The van der Waals surface area contributed by atoms with E-state index in [9.17, 15) is 0 Å². The number of hydrogen-bond acceptors (Lipinski definition) is 6. The van der Waals surface area contributed by atoms with Crippen molar-refractivity contribution in [3.63, 3.8) is 0 Å². The van der Waals surface area contributed by atoms with E-state index in [4.69, 9.17) is 15.5 Å². The van der Waals surface area contributed by atoms with Crippen molar-refractivity contribution in [2.45, 2.75) is 18.9 Å². The van der Waals surface area contributed by atoms with Crippen LogP contribution in [0.1, 0.15) is 18.9 Å². The molecule has 1 fully saturated rings. The van der Waals surface area contributed by atoms with Gasteiger partial charge in [0.05, 0.1) is 13.3 Å². The van der Waals surface area contributed by atoms with E-state index in [1.807, 2.05) is 36.5 Å². The largest absolute Gasteiger partial charge is 0.496 e. The highest BCUT2D eigenvalue weighted by Crippen LogP contribution is 2.43. The van der Waals surface area contributed by atoms with Crippen LogP contribution in [-0.2, 0) is 0 Å². The van der Waals surface area contributed by atoms with E-state index in [1.54, 1.807) is 19.5 Å². The number of anilines is 1. The highest BCUT2D eigenvalue weighted by Gasteiger charge is 2.30. The Morgan fingerprint density at radius 2 is 1.89 bits per heavy atom. The molecule has 0 bridgehead atoms. The number of methoxy groups -OCH3 is 1. The third-order valence-corrected chi connectivity index (χ3v) is 4.82. The lowest BCUT2D eigenvalue weighted by Crippen LogP contribution is -2.02. The fraction of sp³-hybridized carbons (Fsp3) is 0.200. The monoisotopic (exact) mass is 358 g/mol. The molecule has 0 saturated heterocycles. The van der Waals surface area contributed by atoms with Crippen LogP contribution in [0.2, 0.25) is 0 Å². The first kappa shape index (κ1) is 15.7. The Hall–Kier alpha value is -3.48. The predicted molar refractivity (Wildman–Crippen MR) is 103 cm³/mol. The number of nitrogens with two attached hydrogens (primary N) is 1. The molecule has 0 unspecified atom stereocenters. The van der Waals surface area contributed by atoms with E-state index in [0.29, 0.717) is 6.04 Å². The highest BCUT2D eigenvalue weighted by atomic mass is 16.5. The molecule has 4 aromatic rings. The molecule has 3 aromatic heterocycles. The summed E-state index contributed by atoms with van der Waals surface area (Å²) in [5.74, 6) is 1.91. The molecule has 1 aromatic carbocycles. The SMILES string of the molecule is COc1ccccc1-c1cnccc1-c1nc2cnc(N)nc2n1C1CC1. The molecular weight excluding hydrogens is 340 g/mol. The molecule has 27 heavy (non-hydrogen) atoms. The first-order chi connectivity index (χ1) is 13.3. The minimum Gasteiger partial charge on any atom is -0.496 e. The summed E-state index contributed by atoms with van der Waals surface area (Å²) in [6.07, 6.45) is 7.54. The number of benzene rings is 1. The van der Waals surface area contributed by atoms with Gasteiger partial charge in [-0.2, -0.15) is 4.98 Å². The number of nitrogens with zero attached hydrogens (tertiary/aromatic N) is 5. The smallest absolute Gasteiger partial charge is 0.222 e. The Kier molecular flexibility index (Phi) is 3.53. The number of ether oxygens (including phenoxy) is 1. The van der Waals surface area contributed by atoms with Crippen LogP contribution in [-0.4, -0.2) is 31.6 Å². The van der Waals surface area contributed by atoms with Crippen LogP contribution >= 0.6 is 0 Å². The maximum atomic E-state index is 5.83. The maximum absolute atomic E-state index is 5.83. The van der Waals surface area contributed by atoms with Crippen LogP contribution in [0.15, 0.2) is 48.9 Å². The lowest BCUT2D eigenvalue weighted by atomic mass is 10.0. The lowest BCUT2D eigenvalue weighted by Gasteiger charge is -2.13. The number of para-hydroxylation sites is 1. The van der Waals surface area contributed by atoms with E-state index in [1.165, 1.54) is 0 Å². The Morgan fingerprint density at radius 3 is 2.70 bits per heavy atom. The number of imidazole rings is 1. The van der Waals surface area contributed by atoms with Crippen LogP contribution in [0.3, 0.4) is 0 Å². The van der Waals surface area contributed by atoms with Crippen LogP contribution in [0.25, 0.3) is 33.7 Å². The predicted octanol–water partition coefficient (Wildman–Crippen LogP) is 3.48. The number of pyridine rings is 1. The van der Waals surface area contributed by atoms with Gasteiger partial charge in [0.15, 0.2) is 5.65 Å². The quantitative estimate of drug-likeness (QED) is 0.600. The van der Waals surface area contributed by atoms with Crippen LogP contribution in [0, 0.1) is 0 Å². The van der Waals surface area contributed by atoms with Crippen molar-refractivity contribution in [3.8, 4) is 28.3 Å². The van der Waals surface area contributed by atoms with Crippen molar-refractivity contribution >= 4 is 17.1 Å². The van der Waals surface area contributed by atoms with Crippen molar-refractivity contribution in [1.29, 1.82) is 0 Å². The van der Waals surface area contributed by atoms with Gasteiger partial charge in [0.2, 0.25) is 5.95 Å². The topological polar surface area (TPSA) is 91.7 Å². The summed E-state index contributed by atoms with van der Waals surface area (Å²) in [7, 11) is 1.67. The molecule has 0 amide bonds. The van der Waals surface area contributed by atoms with Crippen molar-refractivity contribution in [1.82, 2.24) is 24.5 Å². The van der Waals surface area contributed by atoms with Crippen molar-refractivity contribution < 1.29 is 4.74 Å². The molecular formula is C20H18N6O. The third kappa shape index (κ3) is 2.59.